The number of H-pyrrole nitrogens is 1. The Bertz CT molecular complexity index is 588. The van der Waals surface area contributed by atoms with Crippen LogP contribution in [0.5, 0.6) is 0 Å². The van der Waals surface area contributed by atoms with Crippen LogP contribution in [0, 0.1) is 0 Å². The Morgan fingerprint density at radius 1 is 1.26 bits per heavy atom. The predicted molar refractivity (Wildman–Crippen MR) is 72.9 cm³/mol. The van der Waals surface area contributed by atoms with Crippen molar-refractivity contribution in [2.24, 2.45) is 0 Å². The molecule has 2 fully saturated rings. The third-order valence-electron chi connectivity index (χ3n) is 4.50. The van der Waals surface area contributed by atoms with Gasteiger partial charge >= 0.3 is 0 Å². The number of piperidine rings is 1. The van der Waals surface area contributed by atoms with Gasteiger partial charge in [-0.2, -0.15) is 0 Å². The van der Waals surface area contributed by atoms with Gasteiger partial charge in [-0.15, -0.1) is 0 Å². The first kappa shape index (κ1) is 11.2. The van der Waals surface area contributed by atoms with Gasteiger partial charge in [-0.3, -0.25) is 0 Å². The van der Waals surface area contributed by atoms with Gasteiger partial charge in [0, 0.05) is 11.6 Å². The number of nitrogens with zero attached hydrogens (tertiary/aromatic N) is 3. The molecule has 2 aromatic heterocycles. The lowest BCUT2D eigenvalue weighted by atomic mass is 9.70. The Morgan fingerprint density at radius 3 is 3.05 bits per heavy atom. The lowest BCUT2D eigenvalue weighted by Gasteiger charge is -2.48. The zero-order valence-corrected chi connectivity index (χ0v) is 10.8. The van der Waals surface area contributed by atoms with Gasteiger partial charge in [-0.25, -0.2) is 15.0 Å². The first-order valence-corrected chi connectivity index (χ1v) is 7.00. The molecule has 100 valence electrons. The molecule has 3 heterocycles. The second-order valence-corrected chi connectivity index (χ2v) is 5.72. The van der Waals surface area contributed by atoms with Crippen molar-refractivity contribution < 1.29 is 0 Å². The molecule has 1 spiro atoms. The normalized spacial score (nSPS) is 25.4. The van der Waals surface area contributed by atoms with E-state index in [1.165, 1.54) is 25.7 Å². The van der Waals surface area contributed by atoms with E-state index in [9.17, 15) is 0 Å². The molecule has 6 nitrogen and oxygen atoms in total. The van der Waals surface area contributed by atoms with Crippen LogP contribution < -0.4 is 10.6 Å². The van der Waals surface area contributed by atoms with Gasteiger partial charge in [-0.05, 0) is 38.6 Å². The summed E-state index contributed by atoms with van der Waals surface area (Å²) in [6, 6.07) is 0.489. The number of aromatic nitrogens is 4. The minimum Gasteiger partial charge on any atom is -0.365 e. The predicted octanol–water partition coefficient (Wildman–Crippen LogP) is 1.44. The van der Waals surface area contributed by atoms with Crippen molar-refractivity contribution in [3.8, 4) is 0 Å². The second kappa shape index (κ2) is 4.16. The van der Waals surface area contributed by atoms with E-state index in [2.05, 4.69) is 30.6 Å². The SMILES string of the molecule is c1nc(NC2CCNC3(CCC3)C2)c2[nH]cnc2n1. The highest BCUT2D eigenvalue weighted by Crippen LogP contribution is 2.39. The van der Waals surface area contributed by atoms with Crippen molar-refractivity contribution >= 4 is 17.0 Å². The summed E-state index contributed by atoms with van der Waals surface area (Å²) in [7, 11) is 0. The van der Waals surface area contributed by atoms with Gasteiger partial charge < -0.3 is 15.6 Å². The van der Waals surface area contributed by atoms with Crippen molar-refractivity contribution in [2.45, 2.75) is 43.7 Å². The maximum absolute atomic E-state index is 4.35. The van der Waals surface area contributed by atoms with E-state index in [-0.39, 0.29) is 0 Å². The van der Waals surface area contributed by atoms with Crippen molar-refractivity contribution in [1.82, 2.24) is 25.3 Å². The largest absolute Gasteiger partial charge is 0.365 e. The molecule has 1 atom stereocenters. The van der Waals surface area contributed by atoms with Gasteiger partial charge in [0.2, 0.25) is 0 Å². The molecular weight excluding hydrogens is 240 g/mol. The number of nitrogens with one attached hydrogen (secondary N) is 3. The minimum atomic E-state index is 0.399. The first-order valence-electron chi connectivity index (χ1n) is 7.00. The van der Waals surface area contributed by atoms with E-state index in [4.69, 9.17) is 0 Å². The van der Waals surface area contributed by atoms with Crippen LogP contribution in [0.25, 0.3) is 11.2 Å². The van der Waals surface area contributed by atoms with Crippen molar-refractivity contribution in [2.75, 3.05) is 11.9 Å². The lowest BCUT2D eigenvalue weighted by molar-refractivity contribution is 0.135. The Balaban J connectivity index is 1.56. The molecule has 0 amide bonds. The number of aromatic amines is 1. The maximum Gasteiger partial charge on any atom is 0.182 e. The van der Waals surface area contributed by atoms with E-state index < -0.39 is 0 Å². The number of hydrogen-bond acceptors (Lipinski definition) is 5. The van der Waals surface area contributed by atoms with Crippen molar-refractivity contribution in [1.29, 1.82) is 0 Å². The second-order valence-electron chi connectivity index (χ2n) is 5.72. The standard InChI is InChI=1S/C13H18N6/c1-3-13(4-1)6-9(2-5-18-13)19-12-10-11(15-7-14-10)16-8-17-12/h7-9,18H,1-6H2,(H2,14,15,16,17,19). The Morgan fingerprint density at radius 2 is 2.21 bits per heavy atom. The third-order valence-corrected chi connectivity index (χ3v) is 4.50. The fraction of sp³-hybridized carbons (Fsp3) is 0.615. The molecule has 1 aliphatic heterocycles. The summed E-state index contributed by atoms with van der Waals surface area (Å²) >= 11 is 0. The molecule has 3 N–H and O–H groups in total. The van der Waals surface area contributed by atoms with Crippen LogP contribution in [0.2, 0.25) is 0 Å². The average Bonchev–Trinajstić information content (AvgIpc) is 2.87. The highest BCUT2D eigenvalue weighted by atomic mass is 15.1. The van der Waals surface area contributed by atoms with Crippen LogP contribution in [0.4, 0.5) is 5.82 Å². The third kappa shape index (κ3) is 1.87. The van der Waals surface area contributed by atoms with Crippen molar-refractivity contribution in [3.63, 3.8) is 0 Å². The van der Waals surface area contributed by atoms with Crippen LogP contribution in [-0.2, 0) is 0 Å². The summed E-state index contributed by atoms with van der Waals surface area (Å²) in [5.41, 5.74) is 2.03. The number of hydrogen-bond donors (Lipinski definition) is 3. The van der Waals surface area contributed by atoms with Gasteiger partial charge in [0.1, 0.15) is 11.8 Å². The lowest BCUT2D eigenvalue weighted by Crippen LogP contribution is -2.58. The fourth-order valence-corrected chi connectivity index (χ4v) is 3.33. The minimum absolute atomic E-state index is 0.399. The fourth-order valence-electron chi connectivity index (χ4n) is 3.33. The number of rotatable bonds is 2. The molecule has 0 aromatic carbocycles. The number of imidazole rings is 1. The Labute approximate surface area is 111 Å². The highest BCUT2D eigenvalue weighted by Gasteiger charge is 2.40. The molecule has 2 aliphatic rings. The maximum atomic E-state index is 4.35. The smallest absolute Gasteiger partial charge is 0.182 e. The van der Waals surface area contributed by atoms with Gasteiger partial charge in [0.15, 0.2) is 11.5 Å². The summed E-state index contributed by atoms with van der Waals surface area (Å²) in [6.45, 7) is 1.09. The van der Waals surface area contributed by atoms with Gasteiger partial charge in [0.05, 0.1) is 6.33 Å². The van der Waals surface area contributed by atoms with E-state index in [0.717, 1.165) is 29.9 Å². The molecule has 4 rings (SSSR count). The molecule has 1 unspecified atom stereocenters. The molecule has 1 saturated carbocycles. The van der Waals surface area contributed by atoms with Crippen LogP contribution in [0.15, 0.2) is 12.7 Å². The molecule has 1 saturated heterocycles. The van der Waals surface area contributed by atoms with E-state index in [0.29, 0.717) is 11.6 Å². The average molecular weight is 258 g/mol. The van der Waals surface area contributed by atoms with E-state index in [1.807, 2.05) is 0 Å². The summed E-state index contributed by atoms with van der Waals surface area (Å²) in [5.74, 6) is 0.879. The van der Waals surface area contributed by atoms with Crippen LogP contribution in [0.3, 0.4) is 0 Å². The topological polar surface area (TPSA) is 78.5 Å². The summed E-state index contributed by atoms with van der Waals surface area (Å²) in [4.78, 5) is 15.8. The van der Waals surface area contributed by atoms with Gasteiger partial charge in [0.25, 0.3) is 0 Å². The monoisotopic (exact) mass is 258 g/mol. The van der Waals surface area contributed by atoms with E-state index >= 15 is 0 Å². The van der Waals surface area contributed by atoms with Crippen LogP contribution in [-0.4, -0.2) is 38.1 Å². The van der Waals surface area contributed by atoms with E-state index in [1.54, 1.807) is 12.7 Å². The first-order chi connectivity index (χ1) is 9.35. The Kier molecular flexibility index (Phi) is 2.44. The highest BCUT2D eigenvalue weighted by molar-refractivity contribution is 5.82. The summed E-state index contributed by atoms with van der Waals surface area (Å²) < 4.78 is 0. The van der Waals surface area contributed by atoms with Crippen LogP contribution in [0.1, 0.15) is 32.1 Å². The molecular formula is C13H18N6. The number of anilines is 1. The quantitative estimate of drug-likeness (QED) is 0.759. The zero-order chi connectivity index (χ0) is 12.7. The van der Waals surface area contributed by atoms with Gasteiger partial charge in [-0.1, -0.05) is 0 Å². The molecule has 6 heteroatoms. The van der Waals surface area contributed by atoms with Crippen molar-refractivity contribution in [3.05, 3.63) is 12.7 Å². The van der Waals surface area contributed by atoms with Crippen LogP contribution >= 0.6 is 0 Å². The summed E-state index contributed by atoms with van der Waals surface area (Å²) in [6.07, 6.45) is 9.56. The molecule has 0 bridgehead atoms. The molecule has 0 radical (unpaired) electrons. The molecule has 2 aromatic rings. The zero-order valence-electron chi connectivity index (χ0n) is 10.8. The summed E-state index contributed by atoms with van der Waals surface area (Å²) in [5, 5.41) is 7.26. The molecule has 1 aliphatic carbocycles. The number of fused-ring (bicyclic) bond motifs is 1. The Hall–Kier alpha value is -1.69. The molecule has 19 heavy (non-hydrogen) atoms.